The Balaban J connectivity index is 2.62. The van der Waals surface area contributed by atoms with E-state index in [9.17, 15) is 19.2 Å². The van der Waals surface area contributed by atoms with Gasteiger partial charge in [0.05, 0.1) is 18.2 Å². The summed E-state index contributed by atoms with van der Waals surface area (Å²) in [7, 11) is 1.23. The van der Waals surface area contributed by atoms with Gasteiger partial charge in [-0.05, 0) is 24.3 Å². The average Bonchev–Trinajstić information content (AvgIpc) is 2.44. The van der Waals surface area contributed by atoms with Gasteiger partial charge in [-0.25, -0.2) is 14.4 Å². The van der Waals surface area contributed by atoms with Crippen LogP contribution in [0.5, 0.6) is 0 Å². The monoisotopic (exact) mass is 280 g/mol. The van der Waals surface area contributed by atoms with E-state index in [-0.39, 0.29) is 11.1 Å². The molecule has 0 radical (unpaired) electrons. The minimum Gasteiger partial charge on any atom is -0.465 e. The molecule has 0 atom stereocenters. The topological polar surface area (TPSA) is 96.0 Å². The van der Waals surface area contributed by atoms with Crippen molar-refractivity contribution in [2.45, 2.75) is 6.92 Å². The smallest absolute Gasteiger partial charge is 0.352 e. The number of benzene rings is 1. The number of esters is 4. The predicted octanol–water partition coefficient (Wildman–Crippen LogP) is 0.720. The highest BCUT2D eigenvalue weighted by Gasteiger charge is 2.15. The van der Waals surface area contributed by atoms with Crippen molar-refractivity contribution in [2.24, 2.45) is 0 Å². The molecule has 106 valence electrons. The first-order chi connectivity index (χ1) is 9.43. The molecular formula is C13H12O7. The van der Waals surface area contributed by atoms with Crippen LogP contribution in [0.2, 0.25) is 0 Å². The highest BCUT2D eigenvalue weighted by Crippen LogP contribution is 2.07. The van der Waals surface area contributed by atoms with Crippen molar-refractivity contribution in [1.82, 2.24) is 0 Å². The molecule has 0 unspecified atom stereocenters. The molecule has 0 spiro atoms. The fourth-order valence-corrected chi connectivity index (χ4v) is 1.21. The van der Waals surface area contributed by atoms with Crippen molar-refractivity contribution < 1.29 is 33.4 Å². The Bertz CT molecular complexity index is 530. The molecule has 0 aliphatic heterocycles. The maximum absolute atomic E-state index is 11.6. The minimum absolute atomic E-state index is 0.0776. The zero-order valence-electron chi connectivity index (χ0n) is 10.9. The van der Waals surface area contributed by atoms with Gasteiger partial charge in [-0.1, -0.05) is 0 Å². The van der Waals surface area contributed by atoms with E-state index in [1.807, 2.05) is 0 Å². The van der Waals surface area contributed by atoms with E-state index in [0.29, 0.717) is 0 Å². The van der Waals surface area contributed by atoms with Gasteiger partial charge in [-0.3, -0.25) is 4.79 Å². The Morgan fingerprint density at radius 1 is 0.950 bits per heavy atom. The third-order valence-electron chi connectivity index (χ3n) is 2.14. The Morgan fingerprint density at radius 2 is 1.45 bits per heavy atom. The van der Waals surface area contributed by atoms with Gasteiger partial charge in [0, 0.05) is 6.92 Å². The third kappa shape index (κ3) is 4.52. The summed E-state index contributed by atoms with van der Waals surface area (Å²) in [6, 6.07) is 5.35. The zero-order chi connectivity index (χ0) is 15.1. The normalized spacial score (nSPS) is 9.50. The molecule has 0 bridgehead atoms. The maximum atomic E-state index is 11.6. The molecule has 1 aromatic carbocycles. The van der Waals surface area contributed by atoms with Gasteiger partial charge in [0.1, 0.15) is 0 Å². The highest BCUT2D eigenvalue weighted by molar-refractivity contribution is 5.98. The van der Waals surface area contributed by atoms with E-state index < -0.39 is 30.5 Å². The summed E-state index contributed by atoms with van der Waals surface area (Å²) in [5.41, 5.74) is 0.337. The van der Waals surface area contributed by atoms with Gasteiger partial charge in [-0.15, -0.1) is 0 Å². The maximum Gasteiger partial charge on any atom is 0.352 e. The molecule has 20 heavy (non-hydrogen) atoms. The number of ether oxygens (including phenoxy) is 3. The predicted molar refractivity (Wildman–Crippen MR) is 64.8 cm³/mol. The number of hydrogen-bond acceptors (Lipinski definition) is 7. The van der Waals surface area contributed by atoms with Gasteiger partial charge in [0.25, 0.3) is 0 Å². The Hall–Kier alpha value is -2.70. The van der Waals surface area contributed by atoms with Crippen molar-refractivity contribution in [3.05, 3.63) is 35.4 Å². The number of carbonyl (C=O) groups is 4. The molecule has 0 aliphatic carbocycles. The molecule has 1 rings (SSSR count). The lowest BCUT2D eigenvalue weighted by Crippen LogP contribution is -2.19. The van der Waals surface area contributed by atoms with Crippen molar-refractivity contribution in [2.75, 3.05) is 13.7 Å². The first kappa shape index (κ1) is 15.4. The van der Waals surface area contributed by atoms with Crippen LogP contribution in [-0.2, 0) is 23.8 Å². The van der Waals surface area contributed by atoms with E-state index >= 15 is 0 Å². The van der Waals surface area contributed by atoms with Crippen LogP contribution in [0.3, 0.4) is 0 Å². The molecule has 0 amide bonds. The van der Waals surface area contributed by atoms with E-state index in [1.165, 1.54) is 31.4 Å². The second-order valence-corrected chi connectivity index (χ2v) is 3.61. The van der Waals surface area contributed by atoms with Crippen molar-refractivity contribution in [3.63, 3.8) is 0 Å². The van der Waals surface area contributed by atoms with Crippen LogP contribution in [0, 0.1) is 0 Å². The highest BCUT2D eigenvalue weighted by atomic mass is 16.6. The third-order valence-corrected chi connectivity index (χ3v) is 2.14. The molecule has 0 aliphatic rings. The zero-order valence-corrected chi connectivity index (χ0v) is 10.9. The summed E-state index contributed by atoms with van der Waals surface area (Å²) in [6.07, 6.45) is 0. The van der Waals surface area contributed by atoms with Crippen LogP contribution in [0.1, 0.15) is 27.6 Å². The largest absolute Gasteiger partial charge is 0.465 e. The van der Waals surface area contributed by atoms with Gasteiger partial charge < -0.3 is 14.2 Å². The minimum atomic E-state index is -0.984. The Kier molecular flexibility index (Phi) is 5.40. The van der Waals surface area contributed by atoms with Crippen LogP contribution >= 0.6 is 0 Å². The fraction of sp³-hybridized carbons (Fsp3) is 0.231. The second-order valence-electron chi connectivity index (χ2n) is 3.61. The van der Waals surface area contributed by atoms with Crippen molar-refractivity contribution >= 4 is 23.9 Å². The van der Waals surface area contributed by atoms with E-state index in [0.717, 1.165) is 6.92 Å². The van der Waals surface area contributed by atoms with Crippen molar-refractivity contribution in [3.8, 4) is 0 Å². The molecule has 7 heteroatoms. The van der Waals surface area contributed by atoms with Gasteiger partial charge in [0.15, 0.2) is 6.61 Å². The fourth-order valence-electron chi connectivity index (χ4n) is 1.21. The lowest BCUT2D eigenvalue weighted by atomic mass is 10.1. The summed E-state index contributed by atoms with van der Waals surface area (Å²) < 4.78 is 13.3. The van der Waals surface area contributed by atoms with E-state index in [2.05, 4.69) is 14.2 Å². The standard InChI is InChI=1S/C13H12O7/c1-8(14)19-7-11(15)20-13(17)10-5-3-9(4-6-10)12(16)18-2/h3-6H,7H2,1-2H3. The molecule has 1 aromatic rings. The van der Waals surface area contributed by atoms with E-state index in [1.54, 1.807) is 0 Å². The van der Waals surface area contributed by atoms with Crippen LogP contribution in [0.25, 0.3) is 0 Å². The van der Waals surface area contributed by atoms with Crippen LogP contribution in [0.15, 0.2) is 24.3 Å². The Labute approximate surface area is 114 Å². The van der Waals surface area contributed by atoms with Gasteiger partial charge in [0.2, 0.25) is 0 Å². The van der Waals surface area contributed by atoms with Crippen molar-refractivity contribution in [1.29, 1.82) is 0 Å². The first-order valence-corrected chi connectivity index (χ1v) is 5.50. The number of carbonyl (C=O) groups excluding carboxylic acids is 4. The summed E-state index contributed by atoms with van der Waals surface area (Å²) in [5.74, 6) is -3.09. The molecule has 0 aromatic heterocycles. The summed E-state index contributed by atoms with van der Waals surface area (Å²) in [6.45, 7) is 0.488. The van der Waals surface area contributed by atoms with Crippen LogP contribution in [0.4, 0.5) is 0 Å². The van der Waals surface area contributed by atoms with E-state index in [4.69, 9.17) is 0 Å². The molecular weight excluding hydrogens is 268 g/mol. The van der Waals surface area contributed by atoms with Crippen LogP contribution < -0.4 is 0 Å². The Morgan fingerprint density at radius 3 is 1.90 bits per heavy atom. The second kappa shape index (κ2) is 7.03. The van der Waals surface area contributed by atoms with Crippen LogP contribution in [-0.4, -0.2) is 37.6 Å². The molecule has 0 fully saturated rings. The molecule has 0 saturated heterocycles. The number of rotatable bonds is 4. The lowest BCUT2D eigenvalue weighted by Gasteiger charge is -2.04. The SMILES string of the molecule is COC(=O)c1ccc(C(=O)OC(=O)COC(C)=O)cc1. The molecule has 0 heterocycles. The number of methoxy groups -OCH3 is 1. The summed E-state index contributed by atoms with van der Waals surface area (Å²) in [4.78, 5) is 44.4. The summed E-state index contributed by atoms with van der Waals surface area (Å²) in [5, 5.41) is 0. The number of hydrogen-bond donors (Lipinski definition) is 0. The molecule has 0 saturated carbocycles. The van der Waals surface area contributed by atoms with Gasteiger partial charge >= 0.3 is 23.9 Å². The molecule has 7 nitrogen and oxygen atoms in total. The summed E-state index contributed by atoms with van der Waals surface area (Å²) >= 11 is 0. The lowest BCUT2D eigenvalue weighted by molar-refractivity contribution is -0.154. The molecule has 0 N–H and O–H groups in total. The first-order valence-electron chi connectivity index (χ1n) is 5.50. The average molecular weight is 280 g/mol. The van der Waals surface area contributed by atoms with Gasteiger partial charge in [-0.2, -0.15) is 0 Å². The quantitative estimate of drug-likeness (QED) is 0.455.